The van der Waals surface area contributed by atoms with E-state index in [2.05, 4.69) is 0 Å². The zero-order valence-electron chi connectivity index (χ0n) is 11.6. The average Bonchev–Trinajstić information content (AvgIpc) is 2.61. The predicted octanol–water partition coefficient (Wildman–Crippen LogP) is 3.78. The molecule has 0 spiro atoms. The lowest BCUT2D eigenvalue weighted by Crippen LogP contribution is -2.44. The fourth-order valence-electron chi connectivity index (χ4n) is 3.47. The average molecular weight is 261 g/mol. The normalized spacial score (nSPS) is 22.7. The van der Waals surface area contributed by atoms with Gasteiger partial charge in [0.1, 0.15) is 5.82 Å². The number of carbonyl (C=O) groups excluding carboxylic acids is 1. The highest BCUT2D eigenvalue weighted by molar-refractivity contribution is 6.08. The SMILES string of the molecule is CC1(C)C(=O)N(C2CCCCC2)c2c(F)cccc21. The van der Waals surface area contributed by atoms with E-state index in [1.54, 1.807) is 11.0 Å². The highest BCUT2D eigenvalue weighted by Gasteiger charge is 2.47. The maximum absolute atomic E-state index is 14.2. The number of rotatable bonds is 1. The van der Waals surface area contributed by atoms with Gasteiger partial charge in [-0.25, -0.2) is 4.39 Å². The van der Waals surface area contributed by atoms with Gasteiger partial charge in [-0.2, -0.15) is 0 Å². The molecule has 1 aromatic carbocycles. The van der Waals surface area contributed by atoms with Crippen LogP contribution in [0, 0.1) is 5.82 Å². The smallest absolute Gasteiger partial charge is 0.237 e. The van der Waals surface area contributed by atoms with Crippen LogP contribution in [-0.4, -0.2) is 11.9 Å². The van der Waals surface area contributed by atoms with Gasteiger partial charge in [0.25, 0.3) is 0 Å². The Morgan fingerprint density at radius 3 is 2.58 bits per heavy atom. The molecular formula is C16H20FNO. The topological polar surface area (TPSA) is 20.3 Å². The Balaban J connectivity index is 2.09. The van der Waals surface area contributed by atoms with E-state index < -0.39 is 5.41 Å². The molecular weight excluding hydrogens is 241 g/mol. The first-order valence-corrected chi connectivity index (χ1v) is 7.16. The van der Waals surface area contributed by atoms with Crippen LogP contribution in [0.3, 0.4) is 0 Å². The molecule has 0 N–H and O–H groups in total. The summed E-state index contributed by atoms with van der Waals surface area (Å²) < 4.78 is 14.2. The molecule has 1 amide bonds. The summed E-state index contributed by atoms with van der Waals surface area (Å²) >= 11 is 0. The van der Waals surface area contributed by atoms with Crippen molar-refractivity contribution in [2.75, 3.05) is 4.90 Å². The van der Waals surface area contributed by atoms with E-state index >= 15 is 0 Å². The lowest BCUT2D eigenvalue weighted by molar-refractivity contribution is -0.122. The number of benzene rings is 1. The van der Waals surface area contributed by atoms with Crippen LogP contribution < -0.4 is 4.90 Å². The Kier molecular flexibility index (Phi) is 2.88. The van der Waals surface area contributed by atoms with Crippen LogP contribution in [0.15, 0.2) is 18.2 Å². The monoisotopic (exact) mass is 261 g/mol. The molecule has 3 rings (SSSR count). The fourth-order valence-corrected chi connectivity index (χ4v) is 3.47. The van der Waals surface area contributed by atoms with Crippen molar-refractivity contribution < 1.29 is 9.18 Å². The van der Waals surface area contributed by atoms with E-state index in [1.165, 1.54) is 12.5 Å². The van der Waals surface area contributed by atoms with Gasteiger partial charge >= 0.3 is 0 Å². The summed E-state index contributed by atoms with van der Waals surface area (Å²) in [5.74, 6) is -0.207. The first-order chi connectivity index (χ1) is 9.03. The van der Waals surface area contributed by atoms with Crippen molar-refractivity contribution in [1.82, 2.24) is 0 Å². The molecule has 0 unspecified atom stereocenters. The summed E-state index contributed by atoms with van der Waals surface area (Å²) in [7, 11) is 0. The number of amides is 1. The molecule has 0 atom stereocenters. The first kappa shape index (κ1) is 12.6. The molecule has 19 heavy (non-hydrogen) atoms. The van der Waals surface area contributed by atoms with E-state index in [9.17, 15) is 9.18 Å². The van der Waals surface area contributed by atoms with Crippen LogP contribution >= 0.6 is 0 Å². The van der Waals surface area contributed by atoms with Crippen molar-refractivity contribution in [2.24, 2.45) is 0 Å². The van der Waals surface area contributed by atoms with Gasteiger partial charge in [-0.3, -0.25) is 4.79 Å². The molecule has 0 aromatic heterocycles. The van der Waals surface area contributed by atoms with Crippen LogP contribution in [-0.2, 0) is 10.2 Å². The largest absolute Gasteiger partial charge is 0.306 e. The highest BCUT2D eigenvalue weighted by atomic mass is 19.1. The summed E-state index contributed by atoms with van der Waals surface area (Å²) in [4.78, 5) is 14.4. The molecule has 1 fully saturated rings. The van der Waals surface area contributed by atoms with E-state index in [0.29, 0.717) is 5.69 Å². The van der Waals surface area contributed by atoms with Crippen LogP contribution in [0.5, 0.6) is 0 Å². The Morgan fingerprint density at radius 2 is 1.89 bits per heavy atom. The highest BCUT2D eigenvalue weighted by Crippen LogP contribution is 2.45. The van der Waals surface area contributed by atoms with Gasteiger partial charge in [0.15, 0.2) is 0 Å². The standard InChI is InChI=1S/C16H20FNO/c1-16(2)12-9-6-10-13(17)14(12)18(15(16)19)11-7-4-3-5-8-11/h6,9-11H,3-5,7-8H2,1-2H3. The molecule has 1 aromatic rings. The van der Waals surface area contributed by atoms with E-state index in [4.69, 9.17) is 0 Å². The zero-order chi connectivity index (χ0) is 13.6. The van der Waals surface area contributed by atoms with E-state index in [0.717, 1.165) is 31.2 Å². The molecule has 1 saturated carbocycles. The van der Waals surface area contributed by atoms with Gasteiger partial charge in [0, 0.05) is 6.04 Å². The zero-order valence-corrected chi connectivity index (χ0v) is 11.6. The summed E-state index contributed by atoms with van der Waals surface area (Å²) in [5, 5.41) is 0. The Labute approximate surface area is 113 Å². The van der Waals surface area contributed by atoms with Crippen molar-refractivity contribution >= 4 is 11.6 Å². The van der Waals surface area contributed by atoms with Crippen LogP contribution in [0.25, 0.3) is 0 Å². The summed E-state index contributed by atoms with van der Waals surface area (Å²) in [6, 6.07) is 5.23. The lowest BCUT2D eigenvalue weighted by atomic mass is 9.86. The maximum atomic E-state index is 14.2. The van der Waals surface area contributed by atoms with Gasteiger partial charge in [-0.15, -0.1) is 0 Å². The molecule has 0 radical (unpaired) electrons. The molecule has 0 saturated heterocycles. The number of halogens is 1. The minimum absolute atomic E-state index is 0.0551. The third kappa shape index (κ3) is 1.78. The number of anilines is 1. The molecule has 1 aliphatic carbocycles. The minimum atomic E-state index is -0.602. The molecule has 102 valence electrons. The van der Waals surface area contributed by atoms with Crippen molar-refractivity contribution in [3.63, 3.8) is 0 Å². The predicted molar refractivity (Wildman–Crippen MR) is 73.8 cm³/mol. The van der Waals surface area contributed by atoms with Gasteiger partial charge in [-0.1, -0.05) is 31.4 Å². The van der Waals surface area contributed by atoms with Crippen molar-refractivity contribution in [2.45, 2.75) is 57.4 Å². The number of carbonyl (C=O) groups is 1. The second-order valence-corrected chi connectivity index (χ2v) is 6.23. The third-order valence-corrected chi connectivity index (χ3v) is 4.59. The number of hydrogen-bond donors (Lipinski definition) is 0. The number of hydrogen-bond acceptors (Lipinski definition) is 1. The first-order valence-electron chi connectivity index (χ1n) is 7.16. The van der Waals surface area contributed by atoms with Crippen molar-refractivity contribution in [3.05, 3.63) is 29.6 Å². The molecule has 2 aliphatic rings. The molecule has 1 heterocycles. The van der Waals surface area contributed by atoms with Gasteiger partial charge in [0.2, 0.25) is 5.91 Å². The van der Waals surface area contributed by atoms with Crippen LogP contribution in [0.2, 0.25) is 0 Å². The Bertz CT molecular complexity index is 517. The second kappa shape index (κ2) is 4.32. The second-order valence-electron chi connectivity index (χ2n) is 6.23. The third-order valence-electron chi connectivity index (χ3n) is 4.59. The van der Waals surface area contributed by atoms with E-state index in [1.807, 2.05) is 19.9 Å². The number of nitrogens with zero attached hydrogens (tertiary/aromatic N) is 1. The number of para-hydroxylation sites is 1. The summed E-state index contributed by atoms with van der Waals surface area (Å²) in [6.45, 7) is 3.80. The maximum Gasteiger partial charge on any atom is 0.237 e. The molecule has 2 nitrogen and oxygen atoms in total. The Morgan fingerprint density at radius 1 is 1.21 bits per heavy atom. The van der Waals surface area contributed by atoms with Gasteiger partial charge in [-0.05, 0) is 38.3 Å². The Hall–Kier alpha value is -1.38. The van der Waals surface area contributed by atoms with E-state index in [-0.39, 0.29) is 17.8 Å². The van der Waals surface area contributed by atoms with Gasteiger partial charge in [0.05, 0.1) is 11.1 Å². The summed E-state index contributed by atoms with van der Waals surface area (Å²) in [5.41, 5.74) is 0.766. The van der Waals surface area contributed by atoms with Crippen molar-refractivity contribution in [3.8, 4) is 0 Å². The van der Waals surface area contributed by atoms with Crippen LogP contribution in [0.1, 0.15) is 51.5 Å². The molecule has 0 bridgehead atoms. The molecule has 1 aliphatic heterocycles. The minimum Gasteiger partial charge on any atom is -0.306 e. The molecule has 3 heteroatoms. The fraction of sp³-hybridized carbons (Fsp3) is 0.562. The number of fused-ring (bicyclic) bond motifs is 1. The van der Waals surface area contributed by atoms with Crippen LogP contribution in [0.4, 0.5) is 10.1 Å². The quantitative estimate of drug-likeness (QED) is 0.753. The lowest BCUT2D eigenvalue weighted by Gasteiger charge is -2.32. The van der Waals surface area contributed by atoms with Crippen molar-refractivity contribution in [1.29, 1.82) is 0 Å². The van der Waals surface area contributed by atoms with Gasteiger partial charge < -0.3 is 4.90 Å². The summed E-state index contributed by atoms with van der Waals surface area (Å²) in [6.07, 6.45) is 5.49.